The average Bonchev–Trinajstić information content (AvgIpc) is 3.35. The molecular weight excluding hydrogens is 644 g/mol. The third kappa shape index (κ3) is 6.59. The Hall–Kier alpha value is -1.48. The lowest BCUT2D eigenvalue weighted by Crippen LogP contribution is -2.67. The summed E-state index contributed by atoms with van der Waals surface area (Å²) in [5.41, 5.74) is -1.95. The van der Waals surface area contributed by atoms with Crippen LogP contribution < -0.4 is 0 Å². The van der Waals surface area contributed by atoms with Gasteiger partial charge in [0.25, 0.3) is 0 Å². The molecule has 19 unspecified atom stereocenters. The van der Waals surface area contributed by atoms with Crippen LogP contribution in [-0.2, 0) is 33.2 Å². The van der Waals surface area contributed by atoms with Gasteiger partial charge in [0.1, 0.15) is 85.0 Å². The van der Waals surface area contributed by atoms with Crippen molar-refractivity contribution < 1.29 is 99.5 Å². The Balaban J connectivity index is 1.44. The summed E-state index contributed by atoms with van der Waals surface area (Å²) in [7, 11) is 0. The highest BCUT2D eigenvalue weighted by atomic mass is 16.8. The minimum Gasteiger partial charge on any atom is -0.472 e. The largest absolute Gasteiger partial charge is 0.472 e. The van der Waals surface area contributed by atoms with Gasteiger partial charge < -0.3 is 99.5 Å². The Bertz CT molecular complexity index is 1110. The minimum atomic E-state index is -2.02. The molecule has 13 N–H and O–H groups in total. The lowest BCUT2D eigenvalue weighted by molar-refractivity contribution is -0.388. The molecule has 4 heterocycles. The van der Waals surface area contributed by atoms with Crippen LogP contribution in [0.2, 0.25) is 0 Å². The summed E-state index contributed by atoms with van der Waals surface area (Å²) in [5, 5.41) is 134. The van der Waals surface area contributed by atoms with E-state index in [2.05, 4.69) is 0 Å². The van der Waals surface area contributed by atoms with E-state index in [-0.39, 0.29) is 5.57 Å². The quantitative estimate of drug-likeness (QED) is 0.0949. The summed E-state index contributed by atoms with van der Waals surface area (Å²) >= 11 is 0. The molecule has 47 heavy (non-hydrogen) atoms. The number of fused-ring (bicyclic) bond motifs is 1. The molecule has 0 saturated carbocycles. The summed E-state index contributed by atoms with van der Waals surface area (Å²) < 4.78 is 39.8. The van der Waals surface area contributed by atoms with Gasteiger partial charge in [-0.3, -0.25) is 0 Å². The fraction of sp³-hybridized carbons (Fsp3) is 0.852. The van der Waals surface area contributed by atoms with Gasteiger partial charge in [0.15, 0.2) is 18.9 Å². The van der Waals surface area contributed by atoms with Crippen LogP contribution in [0.5, 0.6) is 0 Å². The molecule has 3 saturated heterocycles. The number of rotatable bonds is 10. The molecule has 1 aliphatic carbocycles. The van der Waals surface area contributed by atoms with Gasteiger partial charge in [0.05, 0.1) is 38.6 Å². The molecule has 0 amide bonds. The standard InChI is InChI=1S/C27H42O20/c28-4-8-3-12(32)27(1-2-41-23(13(8)27)46-25-21(40)18(37)15(34)10(6-30)43-25)47-26-22(19(38)16(35)11(7-31)44-26)45-24-20(39)17(36)14(33)9(5-29)42-24/h1-3,9-26,28-40H,4-7H2. The van der Waals surface area contributed by atoms with E-state index in [4.69, 9.17) is 33.2 Å². The normalized spacial score (nSPS) is 51.7. The van der Waals surface area contributed by atoms with Crippen molar-refractivity contribution in [2.24, 2.45) is 5.92 Å². The summed E-state index contributed by atoms with van der Waals surface area (Å²) in [5.74, 6) is -1.31. The van der Waals surface area contributed by atoms with Crippen LogP contribution in [0.15, 0.2) is 24.0 Å². The van der Waals surface area contributed by atoms with E-state index >= 15 is 0 Å². The third-order valence-corrected chi connectivity index (χ3v) is 9.12. The highest BCUT2D eigenvalue weighted by molar-refractivity contribution is 5.34. The van der Waals surface area contributed by atoms with Gasteiger partial charge in [0, 0.05) is 0 Å². The van der Waals surface area contributed by atoms with Crippen LogP contribution in [0.4, 0.5) is 0 Å². The van der Waals surface area contributed by atoms with E-state index in [0.717, 1.165) is 6.26 Å². The van der Waals surface area contributed by atoms with Crippen LogP contribution in [-0.4, -0.2) is 203 Å². The van der Waals surface area contributed by atoms with Crippen molar-refractivity contribution in [1.82, 2.24) is 0 Å². The Morgan fingerprint density at radius 3 is 1.57 bits per heavy atom. The molecule has 20 nitrogen and oxygen atoms in total. The van der Waals surface area contributed by atoms with Crippen molar-refractivity contribution in [2.75, 3.05) is 26.4 Å². The molecular formula is C27H42O20. The van der Waals surface area contributed by atoms with Crippen LogP contribution >= 0.6 is 0 Å². The van der Waals surface area contributed by atoms with E-state index in [1.807, 2.05) is 0 Å². The summed E-state index contributed by atoms with van der Waals surface area (Å²) in [6, 6.07) is 0. The highest BCUT2D eigenvalue weighted by Gasteiger charge is 2.61. The molecule has 0 aromatic heterocycles. The van der Waals surface area contributed by atoms with E-state index in [9.17, 15) is 66.4 Å². The Morgan fingerprint density at radius 1 is 0.574 bits per heavy atom. The fourth-order valence-corrected chi connectivity index (χ4v) is 6.39. The zero-order valence-corrected chi connectivity index (χ0v) is 24.6. The molecule has 0 aromatic rings. The third-order valence-electron chi connectivity index (χ3n) is 9.12. The SMILES string of the molecule is OCC1=CC(O)C2(OC3OC(CO)C(O)C(O)C3OC3OC(CO)C(O)C(O)C3O)C=COC(OC3OC(CO)C(O)C(O)C3O)C12. The predicted molar refractivity (Wildman–Crippen MR) is 144 cm³/mol. The number of aliphatic hydroxyl groups excluding tert-OH is 13. The molecule has 5 aliphatic rings. The molecule has 0 aromatic carbocycles. The lowest BCUT2D eigenvalue weighted by atomic mass is 9.82. The molecule has 19 atom stereocenters. The highest BCUT2D eigenvalue weighted by Crippen LogP contribution is 2.48. The Labute approximate surface area is 266 Å². The van der Waals surface area contributed by atoms with E-state index < -0.39 is 142 Å². The van der Waals surface area contributed by atoms with Crippen molar-refractivity contribution in [3.8, 4) is 0 Å². The van der Waals surface area contributed by atoms with Gasteiger partial charge in [0.2, 0.25) is 6.29 Å². The first kappa shape index (κ1) is 36.8. The zero-order valence-electron chi connectivity index (χ0n) is 24.6. The first-order valence-corrected chi connectivity index (χ1v) is 14.9. The molecule has 0 radical (unpaired) electrons. The van der Waals surface area contributed by atoms with Crippen molar-refractivity contribution in [3.63, 3.8) is 0 Å². The molecule has 0 bridgehead atoms. The summed E-state index contributed by atoms with van der Waals surface area (Å²) in [6.45, 7) is -3.11. The minimum absolute atomic E-state index is 0.0675. The first-order valence-electron chi connectivity index (χ1n) is 14.9. The lowest BCUT2D eigenvalue weighted by Gasteiger charge is -2.50. The molecule has 3 fully saturated rings. The average molecular weight is 687 g/mol. The molecule has 20 heteroatoms. The summed E-state index contributed by atoms with van der Waals surface area (Å²) in [4.78, 5) is 0. The topological polar surface area (TPSA) is 328 Å². The second-order valence-electron chi connectivity index (χ2n) is 11.9. The zero-order chi connectivity index (χ0) is 34.4. The van der Waals surface area contributed by atoms with Crippen LogP contribution in [0, 0.1) is 5.92 Å². The van der Waals surface area contributed by atoms with E-state index in [0.29, 0.717) is 0 Å². The van der Waals surface area contributed by atoms with Gasteiger partial charge in [-0.15, -0.1) is 0 Å². The first-order chi connectivity index (χ1) is 22.3. The second kappa shape index (κ2) is 14.8. The van der Waals surface area contributed by atoms with Gasteiger partial charge >= 0.3 is 0 Å². The fourth-order valence-electron chi connectivity index (χ4n) is 6.39. The van der Waals surface area contributed by atoms with Gasteiger partial charge in [-0.2, -0.15) is 0 Å². The van der Waals surface area contributed by atoms with Crippen LogP contribution in [0.25, 0.3) is 0 Å². The van der Waals surface area contributed by atoms with Gasteiger partial charge in [-0.05, 0) is 11.6 Å². The van der Waals surface area contributed by atoms with Crippen LogP contribution in [0.1, 0.15) is 0 Å². The predicted octanol–water partition coefficient (Wildman–Crippen LogP) is -8.04. The molecule has 0 spiro atoms. The number of ether oxygens (including phenoxy) is 7. The van der Waals surface area contributed by atoms with Gasteiger partial charge in [-0.1, -0.05) is 6.08 Å². The number of aliphatic hydroxyl groups is 13. The van der Waals surface area contributed by atoms with Crippen LogP contribution in [0.3, 0.4) is 0 Å². The Morgan fingerprint density at radius 2 is 1.06 bits per heavy atom. The Kier molecular flexibility index (Phi) is 11.6. The molecule has 5 rings (SSSR count). The second-order valence-corrected chi connectivity index (χ2v) is 11.9. The maximum Gasteiger partial charge on any atom is 0.211 e. The van der Waals surface area contributed by atoms with E-state index in [1.165, 1.54) is 12.2 Å². The number of hydrogen-bond acceptors (Lipinski definition) is 20. The summed E-state index contributed by atoms with van der Waals surface area (Å²) in [6.07, 6.45) is -26.0. The molecule has 4 aliphatic heterocycles. The number of hydrogen-bond donors (Lipinski definition) is 13. The van der Waals surface area contributed by atoms with Crippen molar-refractivity contribution >= 4 is 0 Å². The van der Waals surface area contributed by atoms with E-state index in [1.54, 1.807) is 0 Å². The van der Waals surface area contributed by atoms with Crippen molar-refractivity contribution in [3.05, 3.63) is 24.0 Å². The maximum absolute atomic E-state index is 11.3. The monoisotopic (exact) mass is 686 g/mol. The van der Waals surface area contributed by atoms with Crippen molar-refractivity contribution in [1.29, 1.82) is 0 Å². The van der Waals surface area contributed by atoms with Gasteiger partial charge in [-0.25, -0.2) is 0 Å². The van der Waals surface area contributed by atoms with Crippen molar-refractivity contribution in [2.45, 2.75) is 110 Å². The smallest absolute Gasteiger partial charge is 0.211 e. The maximum atomic E-state index is 11.3. The molecule has 270 valence electrons.